The molecule has 0 atom stereocenters. The van der Waals surface area contributed by atoms with E-state index >= 15 is 0 Å². The van der Waals surface area contributed by atoms with Crippen LogP contribution < -0.4 is 0 Å². The molecule has 2 heterocycles. The van der Waals surface area contributed by atoms with Gasteiger partial charge in [-0.1, -0.05) is 6.07 Å². The average Bonchev–Trinajstić information content (AvgIpc) is 2.96. The topological polar surface area (TPSA) is 17.1 Å². The molecule has 0 aromatic carbocycles. The van der Waals surface area contributed by atoms with Gasteiger partial charge in [-0.25, -0.2) is 0 Å². The molecule has 0 bridgehead atoms. The van der Waals surface area contributed by atoms with Crippen LogP contribution in [-0.4, -0.2) is 12.0 Å². The van der Waals surface area contributed by atoms with Gasteiger partial charge >= 0.3 is 0 Å². The molecule has 0 spiro atoms. The maximum Gasteiger partial charge on any atom is 0.173 e. The van der Waals surface area contributed by atoms with Gasteiger partial charge in [-0.3, -0.25) is 4.79 Å². The van der Waals surface area contributed by atoms with Crippen molar-refractivity contribution in [2.45, 2.75) is 17.7 Å². The zero-order chi connectivity index (χ0) is 11.4. The number of Topliss-reactive ketones (excluding diaryl/α,β-unsaturated/α-hetero) is 1. The number of aryl methyl sites for hydroxylation is 1. The Morgan fingerprint density at radius 1 is 1.44 bits per heavy atom. The van der Waals surface area contributed by atoms with Crippen LogP contribution in [0.15, 0.2) is 33.9 Å². The number of hydrogen-bond donors (Lipinski definition) is 0. The lowest BCUT2D eigenvalue weighted by molar-refractivity contribution is 0.0987. The van der Waals surface area contributed by atoms with Crippen molar-refractivity contribution in [1.82, 2.24) is 0 Å². The summed E-state index contributed by atoms with van der Waals surface area (Å²) in [5, 5.41) is 4.10. The van der Waals surface area contributed by atoms with E-state index in [1.807, 2.05) is 17.5 Å². The Balaban J connectivity index is 1.90. The molecule has 0 fully saturated rings. The molecule has 0 aliphatic carbocycles. The van der Waals surface area contributed by atoms with E-state index in [9.17, 15) is 4.79 Å². The second-order valence-corrected chi connectivity index (χ2v) is 6.18. The SMILES string of the molecule is CSc1csc(CCC(=O)c2cccs2)c1. The normalized spacial score (nSPS) is 10.6. The number of ketones is 1. The number of carbonyl (C=O) groups excluding carboxylic acids is 1. The number of rotatable bonds is 5. The summed E-state index contributed by atoms with van der Waals surface area (Å²) in [7, 11) is 0. The molecule has 0 radical (unpaired) electrons. The average molecular weight is 268 g/mol. The van der Waals surface area contributed by atoms with Gasteiger partial charge in [0.25, 0.3) is 0 Å². The summed E-state index contributed by atoms with van der Waals surface area (Å²) in [6.45, 7) is 0. The molecular weight excluding hydrogens is 256 g/mol. The van der Waals surface area contributed by atoms with Crippen LogP contribution >= 0.6 is 34.4 Å². The molecular formula is C12H12OS3. The van der Waals surface area contributed by atoms with Gasteiger partial charge in [-0.05, 0) is 30.2 Å². The third kappa shape index (κ3) is 2.97. The fourth-order valence-electron chi connectivity index (χ4n) is 1.40. The standard InChI is InChI=1S/C12H12OS3/c1-14-10-7-9(16-8-10)4-5-11(13)12-3-2-6-15-12/h2-3,6-8H,4-5H2,1H3. The highest BCUT2D eigenvalue weighted by molar-refractivity contribution is 7.98. The lowest BCUT2D eigenvalue weighted by atomic mass is 10.2. The number of thiophene rings is 2. The van der Waals surface area contributed by atoms with E-state index in [4.69, 9.17) is 0 Å². The summed E-state index contributed by atoms with van der Waals surface area (Å²) in [5.41, 5.74) is 0. The van der Waals surface area contributed by atoms with Crippen LogP contribution in [0.3, 0.4) is 0 Å². The zero-order valence-corrected chi connectivity index (χ0v) is 11.4. The van der Waals surface area contributed by atoms with Gasteiger partial charge in [0.05, 0.1) is 4.88 Å². The number of hydrogen-bond acceptors (Lipinski definition) is 4. The van der Waals surface area contributed by atoms with E-state index in [1.165, 1.54) is 21.1 Å². The minimum absolute atomic E-state index is 0.258. The van der Waals surface area contributed by atoms with Gasteiger partial charge in [0.2, 0.25) is 0 Å². The maximum absolute atomic E-state index is 11.8. The van der Waals surface area contributed by atoms with Crippen molar-refractivity contribution >= 4 is 40.2 Å². The van der Waals surface area contributed by atoms with Crippen molar-refractivity contribution in [2.24, 2.45) is 0 Å². The monoisotopic (exact) mass is 268 g/mol. The van der Waals surface area contributed by atoms with E-state index < -0.39 is 0 Å². The summed E-state index contributed by atoms with van der Waals surface area (Å²) in [4.78, 5) is 15.2. The third-order valence-electron chi connectivity index (χ3n) is 2.26. The second-order valence-electron chi connectivity index (χ2n) is 3.35. The second kappa shape index (κ2) is 5.66. The smallest absolute Gasteiger partial charge is 0.173 e. The largest absolute Gasteiger partial charge is 0.293 e. The first-order chi connectivity index (χ1) is 7.79. The molecule has 0 N–H and O–H groups in total. The van der Waals surface area contributed by atoms with Crippen LogP contribution in [0.2, 0.25) is 0 Å². The summed E-state index contributed by atoms with van der Waals surface area (Å²) in [5.74, 6) is 0.258. The Bertz CT molecular complexity index is 456. The molecule has 2 rings (SSSR count). The Kier molecular flexibility index (Phi) is 4.21. The van der Waals surface area contributed by atoms with E-state index in [0.717, 1.165) is 11.3 Å². The molecule has 2 aromatic rings. The summed E-state index contributed by atoms with van der Waals surface area (Å²) in [6, 6.07) is 6.00. The van der Waals surface area contributed by atoms with Crippen LogP contribution in [0.5, 0.6) is 0 Å². The molecule has 0 saturated heterocycles. The summed E-state index contributed by atoms with van der Waals surface area (Å²) in [6.07, 6.45) is 3.56. The Morgan fingerprint density at radius 3 is 2.94 bits per heavy atom. The Labute approximate surface area is 108 Å². The lowest BCUT2D eigenvalue weighted by Crippen LogP contribution is -1.97. The molecule has 84 valence electrons. The molecule has 0 aliphatic rings. The fourth-order valence-corrected chi connectivity index (χ4v) is 3.70. The quantitative estimate of drug-likeness (QED) is 0.592. The first-order valence-electron chi connectivity index (χ1n) is 4.97. The van der Waals surface area contributed by atoms with Gasteiger partial charge in [-0.15, -0.1) is 34.4 Å². The van der Waals surface area contributed by atoms with Crippen molar-refractivity contribution in [3.05, 3.63) is 38.7 Å². The van der Waals surface area contributed by atoms with Crippen molar-refractivity contribution in [1.29, 1.82) is 0 Å². The van der Waals surface area contributed by atoms with E-state index in [0.29, 0.717) is 6.42 Å². The van der Waals surface area contributed by atoms with E-state index in [1.54, 1.807) is 23.1 Å². The van der Waals surface area contributed by atoms with Crippen LogP contribution in [0.25, 0.3) is 0 Å². The molecule has 16 heavy (non-hydrogen) atoms. The van der Waals surface area contributed by atoms with Crippen LogP contribution in [0, 0.1) is 0 Å². The van der Waals surface area contributed by atoms with E-state index in [-0.39, 0.29) is 5.78 Å². The zero-order valence-electron chi connectivity index (χ0n) is 8.93. The molecule has 0 unspecified atom stereocenters. The van der Waals surface area contributed by atoms with Gasteiger partial charge in [0.1, 0.15) is 0 Å². The molecule has 0 saturated carbocycles. The van der Waals surface area contributed by atoms with Crippen molar-refractivity contribution < 1.29 is 4.79 Å². The van der Waals surface area contributed by atoms with E-state index in [2.05, 4.69) is 17.7 Å². The van der Waals surface area contributed by atoms with Crippen molar-refractivity contribution in [3.63, 3.8) is 0 Å². The minimum atomic E-state index is 0.258. The van der Waals surface area contributed by atoms with Crippen LogP contribution in [0.1, 0.15) is 21.0 Å². The first kappa shape index (κ1) is 11.9. The lowest BCUT2D eigenvalue weighted by Gasteiger charge is -1.95. The van der Waals surface area contributed by atoms with Gasteiger partial charge < -0.3 is 0 Å². The molecule has 0 aliphatic heterocycles. The van der Waals surface area contributed by atoms with Gasteiger partial charge in [0.15, 0.2) is 5.78 Å². The predicted octanol–water partition coefficient (Wildman–Crippen LogP) is 4.35. The van der Waals surface area contributed by atoms with Crippen LogP contribution in [-0.2, 0) is 6.42 Å². The molecule has 0 amide bonds. The van der Waals surface area contributed by atoms with Gasteiger partial charge in [0, 0.05) is 21.6 Å². The number of carbonyl (C=O) groups is 1. The highest BCUT2D eigenvalue weighted by atomic mass is 32.2. The molecule has 1 nitrogen and oxygen atoms in total. The predicted molar refractivity (Wildman–Crippen MR) is 73.1 cm³/mol. The Hall–Kier alpha value is -0.580. The molecule has 2 aromatic heterocycles. The Morgan fingerprint density at radius 2 is 2.31 bits per heavy atom. The van der Waals surface area contributed by atoms with Gasteiger partial charge in [-0.2, -0.15) is 0 Å². The third-order valence-corrected chi connectivity index (χ3v) is 5.02. The van der Waals surface area contributed by atoms with Crippen LogP contribution in [0.4, 0.5) is 0 Å². The fraction of sp³-hybridized carbons (Fsp3) is 0.250. The van der Waals surface area contributed by atoms with Crippen molar-refractivity contribution in [3.8, 4) is 0 Å². The number of thioether (sulfide) groups is 1. The summed E-state index contributed by atoms with van der Waals surface area (Å²) < 4.78 is 0. The highest BCUT2D eigenvalue weighted by Crippen LogP contribution is 2.24. The maximum atomic E-state index is 11.8. The highest BCUT2D eigenvalue weighted by Gasteiger charge is 2.07. The minimum Gasteiger partial charge on any atom is -0.293 e. The van der Waals surface area contributed by atoms with Crippen molar-refractivity contribution in [2.75, 3.05) is 6.26 Å². The summed E-state index contributed by atoms with van der Waals surface area (Å²) >= 11 is 5.02. The molecule has 4 heteroatoms. The first-order valence-corrected chi connectivity index (χ1v) is 7.96.